The van der Waals surface area contributed by atoms with Crippen molar-refractivity contribution in [2.24, 2.45) is 0 Å². The number of allylic oxidation sites excluding steroid dienone is 4. The van der Waals surface area contributed by atoms with Gasteiger partial charge in [-0.2, -0.15) is 0 Å². The molecule has 21 heavy (non-hydrogen) atoms. The fraction of sp³-hybridized carbons (Fsp3) is 0.0556. The number of aromatic nitrogens is 1. The molecule has 0 bridgehead atoms. The first kappa shape index (κ1) is 13.2. The van der Waals surface area contributed by atoms with E-state index in [0.717, 1.165) is 27.8 Å². The molecule has 0 radical (unpaired) electrons. The maximum atomic E-state index is 7.80. The van der Waals surface area contributed by atoms with Gasteiger partial charge in [0.05, 0.1) is 11.4 Å². The minimum atomic E-state index is 0.251. The smallest absolute Gasteiger partial charge is 0.0795 e. The zero-order valence-corrected chi connectivity index (χ0v) is 11.7. The van der Waals surface area contributed by atoms with Gasteiger partial charge < -0.3 is 0 Å². The second-order valence-electron chi connectivity index (χ2n) is 5.03. The van der Waals surface area contributed by atoms with Gasteiger partial charge in [0.25, 0.3) is 0 Å². The van der Waals surface area contributed by atoms with Crippen molar-refractivity contribution in [1.29, 1.82) is 10.8 Å². The zero-order chi connectivity index (χ0) is 14.8. The third kappa shape index (κ3) is 2.58. The predicted octanol–water partition coefficient (Wildman–Crippen LogP) is 4.05. The second-order valence-corrected chi connectivity index (χ2v) is 5.03. The number of pyridine rings is 1. The van der Waals surface area contributed by atoms with Crippen molar-refractivity contribution in [2.45, 2.75) is 6.92 Å². The van der Waals surface area contributed by atoms with E-state index in [1.165, 1.54) is 0 Å². The van der Waals surface area contributed by atoms with Gasteiger partial charge in [0.2, 0.25) is 0 Å². The normalized spacial score (nSPS) is 14.2. The van der Waals surface area contributed by atoms with Crippen LogP contribution in [0, 0.1) is 17.7 Å². The average molecular weight is 273 g/mol. The lowest BCUT2D eigenvalue weighted by Gasteiger charge is -2.13. The molecule has 3 nitrogen and oxygen atoms in total. The highest BCUT2D eigenvalue weighted by atomic mass is 14.6. The Hall–Kier alpha value is -2.81. The van der Waals surface area contributed by atoms with Crippen molar-refractivity contribution in [3.8, 4) is 11.1 Å². The first-order valence-corrected chi connectivity index (χ1v) is 6.74. The van der Waals surface area contributed by atoms with Gasteiger partial charge in [-0.1, -0.05) is 18.2 Å². The van der Waals surface area contributed by atoms with E-state index in [1.54, 1.807) is 24.5 Å². The highest BCUT2D eigenvalue weighted by molar-refractivity contribution is 6.50. The van der Waals surface area contributed by atoms with Crippen LogP contribution in [0.2, 0.25) is 0 Å². The average Bonchev–Trinajstić information content (AvgIpc) is 2.51. The van der Waals surface area contributed by atoms with E-state index >= 15 is 0 Å². The summed E-state index contributed by atoms with van der Waals surface area (Å²) in [4.78, 5) is 4.04. The molecule has 0 saturated heterocycles. The van der Waals surface area contributed by atoms with Crippen LogP contribution in [0.4, 0.5) is 0 Å². The van der Waals surface area contributed by atoms with Crippen LogP contribution in [0.25, 0.3) is 16.7 Å². The Bertz CT molecular complexity index is 783. The monoisotopic (exact) mass is 273 g/mol. The number of benzene rings is 1. The lowest BCUT2D eigenvalue weighted by molar-refractivity contribution is 1.33. The molecule has 1 heterocycles. The van der Waals surface area contributed by atoms with Crippen molar-refractivity contribution < 1.29 is 0 Å². The van der Waals surface area contributed by atoms with E-state index in [9.17, 15) is 0 Å². The van der Waals surface area contributed by atoms with E-state index in [1.807, 2.05) is 18.2 Å². The molecule has 0 spiro atoms. The molecule has 0 fully saturated rings. The Labute approximate surface area is 123 Å². The number of nitrogens with zero attached hydrogens (tertiary/aromatic N) is 1. The Balaban J connectivity index is 2.08. The third-order valence-electron chi connectivity index (χ3n) is 3.58. The predicted molar refractivity (Wildman–Crippen MR) is 87.0 cm³/mol. The molecule has 1 aliphatic rings. The van der Waals surface area contributed by atoms with Crippen LogP contribution >= 0.6 is 0 Å². The number of hydrogen-bond acceptors (Lipinski definition) is 3. The quantitative estimate of drug-likeness (QED) is 0.797. The van der Waals surface area contributed by atoms with Crippen molar-refractivity contribution in [2.75, 3.05) is 0 Å². The molecule has 1 aromatic carbocycles. The first-order valence-electron chi connectivity index (χ1n) is 6.74. The molecule has 0 amide bonds. The second kappa shape index (κ2) is 5.29. The summed E-state index contributed by atoms with van der Waals surface area (Å²) in [6, 6.07) is 10.3. The van der Waals surface area contributed by atoms with Gasteiger partial charge in [0, 0.05) is 12.4 Å². The lowest BCUT2D eigenvalue weighted by atomic mass is 9.92. The summed E-state index contributed by atoms with van der Waals surface area (Å²) in [7, 11) is 0. The van der Waals surface area contributed by atoms with Crippen LogP contribution in [0.1, 0.15) is 11.1 Å². The fourth-order valence-corrected chi connectivity index (χ4v) is 2.37. The van der Waals surface area contributed by atoms with Crippen LogP contribution in [0.5, 0.6) is 0 Å². The van der Waals surface area contributed by atoms with Crippen LogP contribution in [-0.2, 0) is 0 Å². The van der Waals surface area contributed by atoms with Gasteiger partial charge in [0.1, 0.15) is 0 Å². The van der Waals surface area contributed by atoms with Gasteiger partial charge in [0.15, 0.2) is 0 Å². The molecule has 0 saturated carbocycles. The molecule has 3 rings (SSSR count). The van der Waals surface area contributed by atoms with E-state index < -0.39 is 0 Å². The summed E-state index contributed by atoms with van der Waals surface area (Å²) in [5.74, 6) is 0. The largest absolute Gasteiger partial charge is 0.299 e. The number of hydrogen-bond donors (Lipinski definition) is 2. The molecule has 2 aromatic rings. The van der Waals surface area contributed by atoms with Crippen molar-refractivity contribution in [1.82, 2.24) is 4.98 Å². The summed E-state index contributed by atoms with van der Waals surface area (Å²) in [6.07, 6.45) is 8.90. The van der Waals surface area contributed by atoms with E-state index in [-0.39, 0.29) is 11.4 Å². The number of rotatable bonds is 2. The minimum absolute atomic E-state index is 0.251. The molecule has 3 heteroatoms. The summed E-state index contributed by atoms with van der Waals surface area (Å²) in [6.45, 7) is 2.06. The highest BCUT2D eigenvalue weighted by Gasteiger charge is 2.11. The van der Waals surface area contributed by atoms with Crippen LogP contribution < -0.4 is 0 Å². The van der Waals surface area contributed by atoms with E-state index in [0.29, 0.717) is 0 Å². The lowest BCUT2D eigenvalue weighted by Crippen LogP contribution is -2.10. The number of nitrogens with one attached hydrogen (secondary N) is 2. The maximum absolute atomic E-state index is 7.80. The number of aryl methyl sites for hydroxylation is 1. The molecular weight excluding hydrogens is 258 g/mol. The van der Waals surface area contributed by atoms with Gasteiger partial charge in [-0.25, -0.2) is 0 Å². The van der Waals surface area contributed by atoms with Crippen molar-refractivity contribution in [3.05, 3.63) is 72.1 Å². The summed E-state index contributed by atoms with van der Waals surface area (Å²) < 4.78 is 0. The Kier molecular flexibility index (Phi) is 3.32. The minimum Gasteiger partial charge on any atom is -0.299 e. The molecule has 2 N–H and O–H groups in total. The topological polar surface area (TPSA) is 60.6 Å². The maximum Gasteiger partial charge on any atom is 0.0795 e. The van der Waals surface area contributed by atoms with E-state index in [4.69, 9.17) is 10.8 Å². The van der Waals surface area contributed by atoms with Crippen molar-refractivity contribution >= 4 is 17.0 Å². The molecule has 0 atom stereocenters. The van der Waals surface area contributed by atoms with E-state index in [2.05, 4.69) is 30.1 Å². The summed E-state index contributed by atoms with van der Waals surface area (Å²) in [5, 5.41) is 15.4. The molecule has 1 aliphatic carbocycles. The molecular formula is C18H15N3. The Morgan fingerprint density at radius 3 is 2.33 bits per heavy atom. The SMILES string of the molecule is Cc1ccc(-c2ccncc2)cc1C1=CC(=N)C(=N)C=C1. The van der Waals surface area contributed by atoms with Gasteiger partial charge >= 0.3 is 0 Å². The van der Waals surface area contributed by atoms with Gasteiger partial charge in [-0.05, 0) is 65.1 Å². The highest BCUT2D eigenvalue weighted by Crippen LogP contribution is 2.28. The van der Waals surface area contributed by atoms with Gasteiger partial charge in [-0.15, -0.1) is 0 Å². The molecule has 1 aromatic heterocycles. The Morgan fingerprint density at radius 2 is 1.62 bits per heavy atom. The molecule has 0 aliphatic heterocycles. The first-order chi connectivity index (χ1) is 10.1. The van der Waals surface area contributed by atoms with Crippen molar-refractivity contribution in [3.63, 3.8) is 0 Å². The standard InChI is InChI=1S/C18H15N3/c1-12-2-3-14(13-6-8-21-9-7-13)10-16(12)15-4-5-17(19)18(20)11-15/h2-11,19-20H,1H3. The summed E-state index contributed by atoms with van der Waals surface area (Å²) >= 11 is 0. The Morgan fingerprint density at radius 1 is 0.857 bits per heavy atom. The molecule has 102 valence electrons. The van der Waals surface area contributed by atoms with Crippen LogP contribution in [0.3, 0.4) is 0 Å². The van der Waals surface area contributed by atoms with Gasteiger partial charge in [-0.3, -0.25) is 15.8 Å². The zero-order valence-electron chi connectivity index (χ0n) is 11.7. The van der Waals surface area contributed by atoms with Crippen LogP contribution in [0.15, 0.2) is 61.0 Å². The molecule has 0 unspecified atom stereocenters. The summed E-state index contributed by atoms with van der Waals surface area (Å²) in [5.41, 5.74) is 5.98. The third-order valence-corrected chi connectivity index (χ3v) is 3.58. The fourth-order valence-electron chi connectivity index (χ4n) is 2.37. The van der Waals surface area contributed by atoms with Crippen LogP contribution in [-0.4, -0.2) is 16.4 Å².